The Hall–Kier alpha value is -2.05. The minimum atomic E-state index is -0.454. The van der Waals surface area contributed by atoms with Gasteiger partial charge in [0.1, 0.15) is 5.69 Å². The molecule has 1 saturated carbocycles. The number of carbonyl (C=O) groups excluding carboxylic acids is 1. The molecule has 1 heterocycles. The smallest absolute Gasteiger partial charge is 0.278 e. The van der Waals surface area contributed by atoms with Crippen molar-refractivity contribution < 1.29 is 4.79 Å². The standard InChI is InChI=1S/C10H15N5O2/c11-10-14-8(13-6-3-1-2-4-6)7(12-5-16)9(17)15-10/h5-6H,1-4H2,(H,12,16)(H4,11,13,14,15,17). The first-order valence-corrected chi connectivity index (χ1v) is 5.57. The molecule has 0 bridgehead atoms. The molecule has 1 fully saturated rings. The molecule has 1 aliphatic carbocycles. The summed E-state index contributed by atoms with van der Waals surface area (Å²) in [5.41, 5.74) is 5.13. The average molecular weight is 237 g/mol. The van der Waals surface area contributed by atoms with Crippen LogP contribution in [0.2, 0.25) is 0 Å². The van der Waals surface area contributed by atoms with Crippen molar-refractivity contribution in [2.45, 2.75) is 31.7 Å². The van der Waals surface area contributed by atoms with E-state index in [1.807, 2.05) is 0 Å². The van der Waals surface area contributed by atoms with Gasteiger partial charge in [-0.05, 0) is 12.8 Å². The Kier molecular flexibility index (Phi) is 3.27. The van der Waals surface area contributed by atoms with Crippen LogP contribution in [0.5, 0.6) is 0 Å². The second-order valence-corrected chi connectivity index (χ2v) is 4.06. The number of amides is 1. The highest BCUT2D eigenvalue weighted by Crippen LogP contribution is 2.23. The molecule has 17 heavy (non-hydrogen) atoms. The zero-order valence-electron chi connectivity index (χ0n) is 9.32. The Morgan fingerprint density at radius 1 is 1.41 bits per heavy atom. The van der Waals surface area contributed by atoms with Gasteiger partial charge in [-0.25, -0.2) is 0 Å². The predicted octanol–water partition coefficient (Wildman–Crippen LogP) is 0.275. The van der Waals surface area contributed by atoms with Gasteiger partial charge in [-0.2, -0.15) is 4.98 Å². The molecule has 0 radical (unpaired) electrons. The van der Waals surface area contributed by atoms with E-state index in [1.165, 1.54) is 0 Å². The molecule has 2 rings (SSSR count). The Morgan fingerprint density at radius 3 is 2.76 bits per heavy atom. The third kappa shape index (κ3) is 2.55. The van der Waals surface area contributed by atoms with Crippen LogP contribution in [0.3, 0.4) is 0 Å². The molecule has 0 unspecified atom stereocenters. The largest absolute Gasteiger partial charge is 0.369 e. The molecule has 1 aliphatic rings. The molecule has 0 saturated heterocycles. The van der Waals surface area contributed by atoms with Crippen molar-refractivity contribution in [3.63, 3.8) is 0 Å². The molecule has 1 aromatic rings. The van der Waals surface area contributed by atoms with Gasteiger partial charge in [0.2, 0.25) is 12.4 Å². The summed E-state index contributed by atoms with van der Waals surface area (Å²) in [5.74, 6) is 0.372. The van der Waals surface area contributed by atoms with Crippen LogP contribution in [-0.2, 0) is 4.79 Å². The molecule has 0 atom stereocenters. The fourth-order valence-electron chi connectivity index (χ4n) is 2.05. The molecule has 0 spiro atoms. The van der Waals surface area contributed by atoms with E-state index >= 15 is 0 Å². The van der Waals surface area contributed by atoms with Crippen molar-refractivity contribution in [2.75, 3.05) is 16.4 Å². The first-order valence-electron chi connectivity index (χ1n) is 5.57. The lowest BCUT2D eigenvalue weighted by atomic mass is 10.2. The minimum absolute atomic E-state index is 0.0342. The summed E-state index contributed by atoms with van der Waals surface area (Å²) < 4.78 is 0. The van der Waals surface area contributed by atoms with Crippen LogP contribution >= 0.6 is 0 Å². The summed E-state index contributed by atoms with van der Waals surface area (Å²) >= 11 is 0. The van der Waals surface area contributed by atoms with E-state index < -0.39 is 5.56 Å². The van der Waals surface area contributed by atoms with Crippen LogP contribution in [0.1, 0.15) is 25.7 Å². The topological polar surface area (TPSA) is 113 Å². The lowest BCUT2D eigenvalue weighted by molar-refractivity contribution is -0.105. The number of H-pyrrole nitrogens is 1. The Bertz CT molecular complexity index is 464. The predicted molar refractivity (Wildman–Crippen MR) is 64.8 cm³/mol. The maximum atomic E-state index is 11.6. The number of hydrogen-bond acceptors (Lipinski definition) is 5. The lowest BCUT2D eigenvalue weighted by Crippen LogP contribution is -2.23. The van der Waals surface area contributed by atoms with E-state index in [9.17, 15) is 9.59 Å². The lowest BCUT2D eigenvalue weighted by Gasteiger charge is -2.15. The van der Waals surface area contributed by atoms with Crippen molar-refractivity contribution in [2.24, 2.45) is 0 Å². The first-order chi connectivity index (χ1) is 8.20. The SMILES string of the molecule is Nc1nc(NC2CCCC2)c(NC=O)c(=O)[nH]1. The third-order valence-electron chi connectivity index (χ3n) is 2.84. The number of rotatable bonds is 4. The molecule has 5 N–H and O–H groups in total. The Labute approximate surface area is 97.8 Å². The van der Waals surface area contributed by atoms with Gasteiger partial charge in [0, 0.05) is 6.04 Å². The van der Waals surface area contributed by atoms with Gasteiger partial charge in [-0.15, -0.1) is 0 Å². The van der Waals surface area contributed by atoms with Gasteiger partial charge < -0.3 is 16.4 Å². The normalized spacial score (nSPS) is 15.8. The summed E-state index contributed by atoms with van der Waals surface area (Å²) in [7, 11) is 0. The highest BCUT2D eigenvalue weighted by molar-refractivity contribution is 5.78. The van der Waals surface area contributed by atoms with E-state index in [0.717, 1.165) is 25.7 Å². The van der Waals surface area contributed by atoms with Crippen molar-refractivity contribution in [3.8, 4) is 0 Å². The Balaban J connectivity index is 2.29. The van der Waals surface area contributed by atoms with E-state index in [0.29, 0.717) is 12.2 Å². The first kappa shape index (κ1) is 11.4. The van der Waals surface area contributed by atoms with Gasteiger partial charge >= 0.3 is 0 Å². The number of carbonyl (C=O) groups is 1. The van der Waals surface area contributed by atoms with Gasteiger partial charge in [-0.1, -0.05) is 12.8 Å². The average Bonchev–Trinajstić information content (AvgIpc) is 2.76. The van der Waals surface area contributed by atoms with Crippen LogP contribution in [0.15, 0.2) is 4.79 Å². The molecule has 1 amide bonds. The molecule has 1 aromatic heterocycles. The fraction of sp³-hybridized carbons (Fsp3) is 0.500. The van der Waals surface area contributed by atoms with Crippen molar-refractivity contribution in [3.05, 3.63) is 10.4 Å². The molecule has 92 valence electrons. The van der Waals surface area contributed by atoms with E-state index in [2.05, 4.69) is 20.6 Å². The molecular formula is C10H15N5O2. The number of hydrogen-bond donors (Lipinski definition) is 4. The number of nitrogens with two attached hydrogens (primary N) is 1. The summed E-state index contributed by atoms with van der Waals surface area (Å²) in [6.45, 7) is 0. The summed E-state index contributed by atoms with van der Waals surface area (Å²) in [6.07, 6.45) is 4.84. The Morgan fingerprint density at radius 2 is 2.12 bits per heavy atom. The highest BCUT2D eigenvalue weighted by atomic mass is 16.1. The summed E-state index contributed by atoms with van der Waals surface area (Å²) in [6, 6.07) is 0.288. The van der Waals surface area contributed by atoms with E-state index in [-0.39, 0.29) is 17.7 Å². The van der Waals surface area contributed by atoms with Crippen LogP contribution < -0.4 is 21.9 Å². The van der Waals surface area contributed by atoms with Gasteiger partial charge in [-0.3, -0.25) is 14.6 Å². The van der Waals surface area contributed by atoms with Crippen LogP contribution in [0.25, 0.3) is 0 Å². The van der Waals surface area contributed by atoms with Gasteiger partial charge in [0.15, 0.2) is 5.82 Å². The maximum absolute atomic E-state index is 11.6. The number of nitrogen functional groups attached to an aromatic ring is 1. The number of aromatic nitrogens is 2. The monoisotopic (exact) mass is 237 g/mol. The maximum Gasteiger partial charge on any atom is 0.278 e. The fourth-order valence-corrected chi connectivity index (χ4v) is 2.05. The number of aromatic amines is 1. The molecule has 7 heteroatoms. The summed E-state index contributed by atoms with van der Waals surface area (Å²) in [5, 5.41) is 5.48. The van der Waals surface area contributed by atoms with Crippen LogP contribution in [-0.4, -0.2) is 22.4 Å². The van der Waals surface area contributed by atoms with Crippen molar-refractivity contribution in [1.29, 1.82) is 0 Å². The third-order valence-corrected chi connectivity index (χ3v) is 2.84. The molecular weight excluding hydrogens is 222 g/mol. The van der Waals surface area contributed by atoms with E-state index in [1.54, 1.807) is 0 Å². The summed E-state index contributed by atoms with van der Waals surface area (Å²) in [4.78, 5) is 28.4. The second-order valence-electron chi connectivity index (χ2n) is 4.06. The number of nitrogens with one attached hydrogen (secondary N) is 3. The van der Waals surface area contributed by atoms with Gasteiger partial charge in [0.05, 0.1) is 0 Å². The van der Waals surface area contributed by atoms with Gasteiger partial charge in [0.25, 0.3) is 5.56 Å². The minimum Gasteiger partial charge on any atom is -0.369 e. The number of anilines is 3. The molecule has 7 nitrogen and oxygen atoms in total. The van der Waals surface area contributed by atoms with Crippen molar-refractivity contribution in [1.82, 2.24) is 9.97 Å². The van der Waals surface area contributed by atoms with E-state index in [4.69, 9.17) is 5.73 Å². The number of nitrogens with zero attached hydrogens (tertiary/aromatic N) is 1. The quantitative estimate of drug-likeness (QED) is 0.561. The van der Waals surface area contributed by atoms with Crippen LogP contribution in [0.4, 0.5) is 17.5 Å². The van der Waals surface area contributed by atoms with Crippen LogP contribution in [0, 0.1) is 0 Å². The zero-order chi connectivity index (χ0) is 12.3. The molecule has 0 aromatic carbocycles. The zero-order valence-corrected chi connectivity index (χ0v) is 9.32. The second kappa shape index (κ2) is 4.86. The highest BCUT2D eigenvalue weighted by Gasteiger charge is 2.18. The molecule has 0 aliphatic heterocycles. The van der Waals surface area contributed by atoms with Crippen molar-refractivity contribution >= 4 is 23.9 Å².